The predicted molar refractivity (Wildman–Crippen MR) is 200 cm³/mol. The third-order valence-corrected chi connectivity index (χ3v) is 9.34. The van der Waals surface area contributed by atoms with E-state index in [4.69, 9.17) is 4.42 Å². The average molecular weight is 605 g/mol. The van der Waals surface area contributed by atoms with Crippen molar-refractivity contribution >= 4 is 65.6 Å². The van der Waals surface area contributed by atoms with Crippen molar-refractivity contribution in [1.82, 2.24) is 9.55 Å². The van der Waals surface area contributed by atoms with Crippen molar-refractivity contribution in [2.75, 3.05) is 0 Å². The Hall–Kier alpha value is -6.06. The summed E-state index contributed by atoms with van der Waals surface area (Å²) in [4.78, 5) is 3.77. The normalized spacial score (nSPS) is 11.6. The quantitative estimate of drug-likeness (QED) is 0.214. The number of benzene rings is 7. The van der Waals surface area contributed by atoms with Gasteiger partial charge in [-0.15, -0.1) is 0 Å². The number of H-pyrrole nitrogens is 1. The zero-order valence-corrected chi connectivity index (χ0v) is 26.3. The van der Waals surface area contributed by atoms with E-state index in [0.29, 0.717) is 0 Å². The third-order valence-electron chi connectivity index (χ3n) is 9.34. The monoisotopic (exact) mass is 604 g/mol. The number of nitrogens with one attached hydrogen (secondary N) is 1. The van der Waals surface area contributed by atoms with Crippen LogP contribution in [0.25, 0.3) is 93.5 Å². The van der Waals surface area contributed by atoms with E-state index in [-0.39, 0.29) is 0 Å². The van der Waals surface area contributed by atoms with E-state index in [1.165, 1.54) is 43.7 Å². The molecule has 0 atom stereocenters. The number of aromatic nitrogens is 2. The molecule has 0 fully saturated rings. The van der Waals surface area contributed by atoms with Gasteiger partial charge in [0, 0.05) is 54.6 Å². The molecule has 0 amide bonds. The van der Waals surface area contributed by atoms with Gasteiger partial charge in [0.05, 0.1) is 16.6 Å². The van der Waals surface area contributed by atoms with Gasteiger partial charge in [-0.3, -0.25) is 0 Å². The molecular weight excluding hydrogens is 572 g/mol. The first kappa shape index (κ1) is 27.3. The van der Waals surface area contributed by atoms with Crippen molar-refractivity contribution in [1.29, 1.82) is 0 Å². The van der Waals surface area contributed by atoms with Crippen molar-refractivity contribution in [3.8, 4) is 27.9 Å². The number of hydrogen-bond acceptors (Lipinski definition) is 1. The van der Waals surface area contributed by atoms with E-state index in [1.54, 1.807) is 0 Å². The van der Waals surface area contributed by atoms with Crippen LogP contribution in [0.3, 0.4) is 0 Å². The fourth-order valence-corrected chi connectivity index (χ4v) is 7.32. The van der Waals surface area contributed by atoms with Crippen LogP contribution < -0.4 is 0 Å². The summed E-state index contributed by atoms with van der Waals surface area (Å²) < 4.78 is 8.76. The molecule has 47 heavy (non-hydrogen) atoms. The van der Waals surface area contributed by atoms with E-state index >= 15 is 0 Å². The van der Waals surface area contributed by atoms with Crippen LogP contribution in [0.1, 0.15) is 13.8 Å². The highest BCUT2D eigenvalue weighted by Gasteiger charge is 2.16. The minimum absolute atomic E-state index is 0.916. The van der Waals surface area contributed by atoms with Crippen LogP contribution in [0.2, 0.25) is 0 Å². The van der Waals surface area contributed by atoms with Crippen molar-refractivity contribution in [2.24, 2.45) is 0 Å². The lowest BCUT2D eigenvalue weighted by Gasteiger charge is -2.09. The molecule has 0 radical (unpaired) electrons. The molecule has 0 bridgehead atoms. The van der Waals surface area contributed by atoms with Gasteiger partial charge >= 0.3 is 0 Å². The maximum Gasteiger partial charge on any atom is 0.143 e. The summed E-state index contributed by atoms with van der Waals surface area (Å²) in [7, 11) is 0. The Morgan fingerprint density at radius 1 is 0.468 bits per heavy atom. The Morgan fingerprint density at radius 2 is 1.06 bits per heavy atom. The van der Waals surface area contributed by atoms with Crippen LogP contribution in [-0.4, -0.2) is 9.55 Å². The van der Waals surface area contributed by atoms with Gasteiger partial charge in [-0.1, -0.05) is 123 Å². The van der Waals surface area contributed by atoms with E-state index in [0.717, 1.165) is 49.8 Å². The standard InChI is InChI=1S/C42H26N2O.C2H6/c1-4-19-38-31(12-1)32-13-2-5-20-39(32)44(38)28-22-23-37-36(25-28)34-17-8-15-29(41(34)43-37)26-10-7-11-27(24-26)30-16-9-18-35-33-14-3-6-21-40(33)45-42(30)35;1-2/h1-25,43H;1-2H3. The number of para-hydroxylation sites is 5. The van der Waals surface area contributed by atoms with Gasteiger partial charge in [-0.2, -0.15) is 0 Å². The minimum Gasteiger partial charge on any atom is -0.455 e. The SMILES string of the molecule is CC.c1cc(-c2cccc3c2[nH]c2ccc(-n4c5ccccc5c5ccccc54)cc23)cc(-c2cccc3c2oc2ccccc23)c1. The molecule has 10 rings (SSSR count). The molecule has 0 aliphatic carbocycles. The molecule has 3 nitrogen and oxygen atoms in total. The molecule has 0 aliphatic rings. The Balaban J connectivity index is 0.00000149. The highest BCUT2D eigenvalue weighted by molar-refractivity contribution is 6.14. The zero-order chi connectivity index (χ0) is 31.5. The van der Waals surface area contributed by atoms with E-state index in [1.807, 2.05) is 26.0 Å². The lowest BCUT2D eigenvalue weighted by Crippen LogP contribution is -1.93. The summed E-state index contributed by atoms with van der Waals surface area (Å²) in [5.41, 5.74) is 12.3. The summed E-state index contributed by atoms with van der Waals surface area (Å²) in [5.74, 6) is 0. The van der Waals surface area contributed by atoms with Crippen LogP contribution in [0.4, 0.5) is 0 Å². The van der Waals surface area contributed by atoms with E-state index in [2.05, 4.69) is 149 Å². The van der Waals surface area contributed by atoms with Gasteiger partial charge in [0.25, 0.3) is 0 Å². The van der Waals surface area contributed by atoms with Gasteiger partial charge in [0.2, 0.25) is 0 Å². The van der Waals surface area contributed by atoms with Crippen LogP contribution in [0.5, 0.6) is 0 Å². The Labute approximate surface area is 272 Å². The summed E-state index contributed by atoms with van der Waals surface area (Å²) in [5, 5.41) is 7.27. The lowest BCUT2D eigenvalue weighted by atomic mass is 9.96. The smallest absolute Gasteiger partial charge is 0.143 e. The second-order valence-corrected chi connectivity index (χ2v) is 11.8. The molecule has 3 heterocycles. The predicted octanol–water partition coefficient (Wildman–Crippen LogP) is 12.7. The summed E-state index contributed by atoms with van der Waals surface area (Å²) in [6.07, 6.45) is 0. The number of nitrogens with zero attached hydrogens (tertiary/aromatic N) is 1. The molecule has 3 heteroatoms. The molecule has 0 saturated carbocycles. The zero-order valence-electron chi connectivity index (χ0n) is 26.3. The molecule has 0 aliphatic heterocycles. The molecule has 0 unspecified atom stereocenters. The van der Waals surface area contributed by atoms with Crippen molar-refractivity contribution < 1.29 is 4.42 Å². The first-order chi connectivity index (χ1) is 23.3. The van der Waals surface area contributed by atoms with Gasteiger partial charge in [-0.25, -0.2) is 0 Å². The average Bonchev–Trinajstić information content (AvgIpc) is 3.82. The van der Waals surface area contributed by atoms with Crippen LogP contribution >= 0.6 is 0 Å². The van der Waals surface area contributed by atoms with Crippen LogP contribution in [-0.2, 0) is 0 Å². The third kappa shape index (κ3) is 4.13. The second-order valence-electron chi connectivity index (χ2n) is 11.8. The molecular formula is C44H32N2O. The topological polar surface area (TPSA) is 33.9 Å². The van der Waals surface area contributed by atoms with Crippen LogP contribution in [0, 0.1) is 0 Å². The summed E-state index contributed by atoms with van der Waals surface area (Å²) in [6.45, 7) is 4.00. The highest BCUT2D eigenvalue weighted by Crippen LogP contribution is 2.40. The number of hydrogen-bond donors (Lipinski definition) is 1. The molecule has 10 aromatic rings. The van der Waals surface area contributed by atoms with Gasteiger partial charge in [0.1, 0.15) is 11.2 Å². The number of aromatic amines is 1. The number of furan rings is 1. The van der Waals surface area contributed by atoms with Crippen molar-refractivity contribution in [3.05, 3.63) is 152 Å². The Morgan fingerprint density at radius 3 is 1.83 bits per heavy atom. The number of rotatable bonds is 3. The highest BCUT2D eigenvalue weighted by atomic mass is 16.3. The largest absolute Gasteiger partial charge is 0.455 e. The van der Waals surface area contributed by atoms with Crippen molar-refractivity contribution in [2.45, 2.75) is 13.8 Å². The fourth-order valence-electron chi connectivity index (χ4n) is 7.32. The van der Waals surface area contributed by atoms with Crippen molar-refractivity contribution in [3.63, 3.8) is 0 Å². The Bertz CT molecular complexity index is 2720. The molecule has 0 spiro atoms. The molecule has 1 N–H and O–H groups in total. The summed E-state index contributed by atoms with van der Waals surface area (Å²) in [6, 6.07) is 54.2. The van der Waals surface area contributed by atoms with Gasteiger partial charge in [-0.05, 0) is 53.6 Å². The second kappa shape index (κ2) is 10.8. The number of fused-ring (bicyclic) bond motifs is 9. The fraction of sp³-hybridized carbons (Fsp3) is 0.0455. The minimum atomic E-state index is 0.916. The maximum atomic E-state index is 6.38. The maximum absolute atomic E-state index is 6.38. The summed E-state index contributed by atoms with van der Waals surface area (Å²) >= 11 is 0. The van der Waals surface area contributed by atoms with E-state index < -0.39 is 0 Å². The van der Waals surface area contributed by atoms with E-state index in [9.17, 15) is 0 Å². The van der Waals surface area contributed by atoms with Gasteiger partial charge < -0.3 is 14.0 Å². The van der Waals surface area contributed by atoms with Crippen LogP contribution in [0.15, 0.2) is 156 Å². The lowest BCUT2D eigenvalue weighted by molar-refractivity contribution is 0.670. The molecule has 0 saturated heterocycles. The molecule has 7 aromatic carbocycles. The first-order valence-corrected chi connectivity index (χ1v) is 16.4. The van der Waals surface area contributed by atoms with Gasteiger partial charge in [0.15, 0.2) is 0 Å². The first-order valence-electron chi connectivity index (χ1n) is 16.4. The molecule has 3 aromatic heterocycles. The molecule has 224 valence electrons. The Kier molecular flexibility index (Phi) is 6.26.